The smallest absolute Gasteiger partial charge is 0.0833 e. The van der Waals surface area contributed by atoms with Crippen molar-refractivity contribution in [2.24, 2.45) is 11.8 Å². The summed E-state index contributed by atoms with van der Waals surface area (Å²) >= 11 is 0. The van der Waals surface area contributed by atoms with E-state index in [0.29, 0.717) is 5.92 Å². The SMILES string of the molecule is CC1CCC(C(O)c2cccnc2)C1. The minimum absolute atomic E-state index is 0.311. The van der Waals surface area contributed by atoms with Gasteiger partial charge in [0.2, 0.25) is 0 Å². The Labute approximate surface area is 85.0 Å². The Morgan fingerprint density at radius 2 is 2.36 bits per heavy atom. The second-order valence-electron chi connectivity index (χ2n) is 4.41. The predicted molar refractivity (Wildman–Crippen MR) is 55.7 cm³/mol. The summed E-state index contributed by atoms with van der Waals surface area (Å²) in [6, 6.07) is 3.84. The van der Waals surface area contributed by atoms with Crippen LogP contribution in [0.4, 0.5) is 0 Å². The number of nitrogens with zero attached hydrogens (tertiary/aromatic N) is 1. The molecule has 1 aromatic rings. The second-order valence-corrected chi connectivity index (χ2v) is 4.41. The highest BCUT2D eigenvalue weighted by Gasteiger charge is 2.28. The fourth-order valence-corrected chi connectivity index (χ4v) is 2.36. The largest absolute Gasteiger partial charge is 0.388 e. The maximum absolute atomic E-state index is 10.1. The normalized spacial score (nSPS) is 29.0. The van der Waals surface area contributed by atoms with Gasteiger partial charge in [0.15, 0.2) is 0 Å². The molecule has 14 heavy (non-hydrogen) atoms. The molecule has 1 saturated carbocycles. The van der Waals surface area contributed by atoms with E-state index in [2.05, 4.69) is 11.9 Å². The molecule has 1 N–H and O–H groups in total. The lowest BCUT2D eigenvalue weighted by atomic mass is 9.95. The van der Waals surface area contributed by atoms with E-state index in [9.17, 15) is 5.11 Å². The topological polar surface area (TPSA) is 33.1 Å². The summed E-state index contributed by atoms with van der Waals surface area (Å²) in [5, 5.41) is 10.1. The van der Waals surface area contributed by atoms with Crippen molar-refractivity contribution in [3.05, 3.63) is 30.1 Å². The molecule has 76 valence electrons. The van der Waals surface area contributed by atoms with Crippen LogP contribution in [-0.2, 0) is 0 Å². The van der Waals surface area contributed by atoms with E-state index in [1.165, 1.54) is 6.42 Å². The van der Waals surface area contributed by atoms with Gasteiger partial charge in [0.05, 0.1) is 6.10 Å². The number of hydrogen-bond acceptors (Lipinski definition) is 2. The molecule has 0 aliphatic heterocycles. The molecule has 1 aliphatic rings. The van der Waals surface area contributed by atoms with Gasteiger partial charge in [-0.15, -0.1) is 0 Å². The second kappa shape index (κ2) is 4.09. The van der Waals surface area contributed by atoms with Crippen LogP contribution in [0.1, 0.15) is 37.9 Å². The fourth-order valence-electron chi connectivity index (χ4n) is 2.36. The first-order valence-corrected chi connectivity index (χ1v) is 5.35. The zero-order valence-corrected chi connectivity index (χ0v) is 8.56. The van der Waals surface area contributed by atoms with Crippen LogP contribution >= 0.6 is 0 Å². The van der Waals surface area contributed by atoms with Crippen LogP contribution in [0.2, 0.25) is 0 Å². The van der Waals surface area contributed by atoms with Gasteiger partial charge in [0, 0.05) is 12.4 Å². The molecule has 2 nitrogen and oxygen atoms in total. The Bertz CT molecular complexity index is 286. The Kier molecular flexibility index (Phi) is 2.82. The predicted octanol–water partition coefficient (Wildman–Crippen LogP) is 2.55. The molecule has 1 fully saturated rings. The van der Waals surface area contributed by atoms with E-state index >= 15 is 0 Å². The van der Waals surface area contributed by atoms with Crippen molar-refractivity contribution in [2.45, 2.75) is 32.3 Å². The molecule has 0 aromatic carbocycles. The van der Waals surface area contributed by atoms with Crippen molar-refractivity contribution in [3.8, 4) is 0 Å². The lowest BCUT2D eigenvalue weighted by Gasteiger charge is -2.17. The minimum atomic E-state index is -0.311. The van der Waals surface area contributed by atoms with Crippen molar-refractivity contribution in [2.75, 3.05) is 0 Å². The molecule has 0 radical (unpaired) electrons. The van der Waals surface area contributed by atoms with Gasteiger partial charge in [-0.25, -0.2) is 0 Å². The molecule has 3 unspecified atom stereocenters. The summed E-state index contributed by atoms with van der Waals surface area (Å²) in [6.45, 7) is 2.26. The van der Waals surface area contributed by atoms with Crippen molar-refractivity contribution in [1.29, 1.82) is 0 Å². The van der Waals surface area contributed by atoms with Crippen molar-refractivity contribution in [3.63, 3.8) is 0 Å². The maximum Gasteiger partial charge on any atom is 0.0833 e. The number of aliphatic hydroxyl groups excluding tert-OH is 1. The van der Waals surface area contributed by atoms with E-state index < -0.39 is 0 Å². The van der Waals surface area contributed by atoms with Gasteiger partial charge in [0.25, 0.3) is 0 Å². The van der Waals surface area contributed by atoms with E-state index in [1.54, 1.807) is 12.4 Å². The first-order valence-electron chi connectivity index (χ1n) is 5.35. The average Bonchev–Trinajstić information content (AvgIpc) is 2.65. The Morgan fingerprint density at radius 3 is 2.93 bits per heavy atom. The Hall–Kier alpha value is -0.890. The summed E-state index contributed by atoms with van der Waals surface area (Å²) < 4.78 is 0. The van der Waals surface area contributed by atoms with Gasteiger partial charge in [-0.1, -0.05) is 19.4 Å². The standard InChI is InChI=1S/C12H17NO/c1-9-4-5-10(7-9)12(14)11-3-2-6-13-8-11/h2-3,6,8-10,12,14H,4-5,7H2,1H3. The van der Waals surface area contributed by atoms with Crippen LogP contribution in [0.5, 0.6) is 0 Å². The summed E-state index contributed by atoms with van der Waals surface area (Å²) in [5.41, 5.74) is 0.964. The van der Waals surface area contributed by atoms with Gasteiger partial charge in [-0.3, -0.25) is 4.98 Å². The van der Waals surface area contributed by atoms with Crippen LogP contribution in [-0.4, -0.2) is 10.1 Å². The zero-order valence-electron chi connectivity index (χ0n) is 8.56. The van der Waals surface area contributed by atoms with Crippen LogP contribution < -0.4 is 0 Å². The molecule has 0 bridgehead atoms. The average molecular weight is 191 g/mol. The molecule has 1 aliphatic carbocycles. The third-order valence-corrected chi connectivity index (χ3v) is 3.21. The van der Waals surface area contributed by atoms with Gasteiger partial charge in [-0.2, -0.15) is 0 Å². The molecular weight excluding hydrogens is 174 g/mol. The molecule has 0 saturated heterocycles. The number of aliphatic hydroxyl groups is 1. The molecule has 3 atom stereocenters. The summed E-state index contributed by atoms with van der Waals surface area (Å²) in [4.78, 5) is 4.04. The van der Waals surface area contributed by atoms with Crippen LogP contribution in [0.25, 0.3) is 0 Å². The molecule has 0 amide bonds. The molecule has 1 aromatic heterocycles. The molecular formula is C12H17NO. The minimum Gasteiger partial charge on any atom is -0.388 e. The van der Waals surface area contributed by atoms with Crippen LogP contribution in [0.15, 0.2) is 24.5 Å². The molecule has 2 heteroatoms. The Morgan fingerprint density at radius 1 is 1.50 bits per heavy atom. The Balaban J connectivity index is 2.05. The van der Waals surface area contributed by atoms with Crippen molar-refractivity contribution in [1.82, 2.24) is 4.98 Å². The van der Waals surface area contributed by atoms with E-state index in [1.807, 2.05) is 12.1 Å². The van der Waals surface area contributed by atoms with Crippen molar-refractivity contribution < 1.29 is 5.11 Å². The van der Waals surface area contributed by atoms with Crippen LogP contribution in [0.3, 0.4) is 0 Å². The molecule has 2 rings (SSSR count). The fraction of sp³-hybridized carbons (Fsp3) is 0.583. The third kappa shape index (κ3) is 1.95. The van der Waals surface area contributed by atoms with E-state index in [4.69, 9.17) is 0 Å². The highest BCUT2D eigenvalue weighted by atomic mass is 16.3. The molecule has 0 spiro atoms. The van der Waals surface area contributed by atoms with Crippen LogP contribution in [0, 0.1) is 11.8 Å². The first kappa shape index (κ1) is 9.66. The zero-order chi connectivity index (χ0) is 9.97. The summed E-state index contributed by atoms with van der Waals surface area (Å²) in [6.07, 6.45) is 6.75. The highest BCUT2D eigenvalue weighted by Crippen LogP contribution is 2.38. The summed E-state index contributed by atoms with van der Waals surface area (Å²) in [7, 11) is 0. The molecule has 1 heterocycles. The summed E-state index contributed by atoms with van der Waals surface area (Å²) in [5.74, 6) is 1.21. The first-order chi connectivity index (χ1) is 6.77. The number of rotatable bonds is 2. The number of pyridine rings is 1. The number of hydrogen-bond donors (Lipinski definition) is 1. The third-order valence-electron chi connectivity index (χ3n) is 3.21. The van der Waals surface area contributed by atoms with E-state index in [-0.39, 0.29) is 6.10 Å². The van der Waals surface area contributed by atoms with Gasteiger partial charge < -0.3 is 5.11 Å². The quantitative estimate of drug-likeness (QED) is 0.779. The van der Waals surface area contributed by atoms with Gasteiger partial charge in [-0.05, 0) is 36.3 Å². The monoisotopic (exact) mass is 191 g/mol. The highest BCUT2D eigenvalue weighted by molar-refractivity contribution is 5.13. The van der Waals surface area contributed by atoms with Gasteiger partial charge in [0.1, 0.15) is 0 Å². The number of aromatic nitrogens is 1. The van der Waals surface area contributed by atoms with Gasteiger partial charge >= 0.3 is 0 Å². The lowest BCUT2D eigenvalue weighted by Crippen LogP contribution is -2.09. The van der Waals surface area contributed by atoms with Crippen molar-refractivity contribution >= 4 is 0 Å². The maximum atomic E-state index is 10.1. The lowest BCUT2D eigenvalue weighted by molar-refractivity contribution is 0.109. The van der Waals surface area contributed by atoms with E-state index in [0.717, 1.165) is 24.3 Å².